The number of carbonyl (C=O) groups excluding carboxylic acids is 1. The van der Waals surface area contributed by atoms with Crippen molar-refractivity contribution < 1.29 is 17.6 Å². The molecule has 2 fully saturated rings. The topological polar surface area (TPSA) is 74.1 Å². The van der Waals surface area contributed by atoms with Gasteiger partial charge in [0.1, 0.15) is 11.5 Å². The molecule has 0 unspecified atom stereocenters. The van der Waals surface area contributed by atoms with Gasteiger partial charge in [0, 0.05) is 32.2 Å². The highest BCUT2D eigenvalue weighted by Crippen LogP contribution is 2.29. The first-order valence-electron chi connectivity index (χ1n) is 10.5. The van der Waals surface area contributed by atoms with Crippen LogP contribution in [0.15, 0.2) is 46.9 Å². The number of sulfonamides is 1. The van der Waals surface area contributed by atoms with E-state index < -0.39 is 10.0 Å². The summed E-state index contributed by atoms with van der Waals surface area (Å²) in [6.07, 6.45) is 2.08. The molecule has 0 bridgehead atoms. The zero-order valence-corrected chi connectivity index (χ0v) is 18.2. The Hall–Kier alpha value is -2.16. The molecule has 1 aliphatic heterocycles. The summed E-state index contributed by atoms with van der Waals surface area (Å²) in [6.45, 7) is 4.70. The van der Waals surface area contributed by atoms with E-state index in [1.54, 1.807) is 4.31 Å². The van der Waals surface area contributed by atoms with Crippen LogP contribution < -0.4 is 0 Å². The van der Waals surface area contributed by atoms with Crippen molar-refractivity contribution in [2.24, 2.45) is 0 Å². The van der Waals surface area contributed by atoms with Crippen LogP contribution in [0.4, 0.5) is 0 Å². The highest BCUT2D eigenvalue weighted by molar-refractivity contribution is 7.88. The summed E-state index contributed by atoms with van der Waals surface area (Å²) in [4.78, 5) is 16.9. The number of benzene rings is 1. The Morgan fingerprint density at radius 2 is 1.77 bits per heavy atom. The van der Waals surface area contributed by atoms with Gasteiger partial charge >= 0.3 is 0 Å². The highest BCUT2D eigenvalue weighted by Gasteiger charge is 2.35. The first-order chi connectivity index (χ1) is 14.4. The Morgan fingerprint density at radius 1 is 1.07 bits per heavy atom. The molecule has 7 nitrogen and oxygen atoms in total. The quantitative estimate of drug-likeness (QED) is 0.641. The zero-order valence-electron chi connectivity index (χ0n) is 17.4. The van der Waals surface area contributed by atoms with E-state index in [4.69, 9.17) is 4.42 Å². The van der Waals surface area contributed by atoms with E-state index in [0.717, 1.165) is 29.9 Å². The normalized spacial score (nSPS) is 18.4. The molecular formula is C22H29N3O4S. The molecule has 1 aromatic heterocycles. The SMILES string of the molecule is Cc1ccc(CN(C(=O)CN2CCN(S(=O)(=O)Cc3ccccc3)CC2)C2CC2)o1. The van der Waals surface area contributed by atoms with Gasteiger partial charge in [-0.3, -0.25) is 9.69 Å². The molecule has 2 aromatic rings. The van der Waals surface area contributed by atoms with Gasteiger partial charge in [-0.25, -0.2) is 8.42 Å². The first-order valence-corrected chi connectivity index (χ1v) is 12.1. The van der Waals surface area contributed by atoms with Crippen LogP contribution in [0.5, 0.6) is 0 Å². The van der Waals surface area contributed by atoms with Crippen LogP contribution >= 0.6 is 0 Å². The summed E-state index contributed by atoms with van der Waals surface area (Å²) in [5, 5.41) is 0. The van der Waals surface area contributed by atoms with Crippen LogP contribution in [0.1, 0.15) is 29.9 Å². The van der Waals surface area contributed by atoms with Crippen molar-refractivity contribution in [3.05, 3.63) is 59.5 Å². The molecular weight excluding hydrogens is 402 g/mol. The first kappa shape index (κ1) is 21.1. The van der Waals surface area contributed by atoms with Gasteiger partial charge in [-0.05, 0) is 37.5 Å². The number of carbonyl (C=O) groups is 1. The summed E-state index contributed by atoms with van der Waals surface area (Å²) in [6, 6.07) is 13.4. The van der Waals surface area contributed by atoms with Gasteiger partial charge < -0.3 is 9.32 Å². The third-order valence-electron chi connectivity index (χ3n) is 5.71. The molecule has 0 atom stereocenters. The maximum Gasteiger partial charge on any atom is 0.237 e. The van der Waals surface area contributed by atoms with Crippen LogP contribution in [0.3, 0.4) is 0 Å². The van der Waals surface area contributed by atoms with Crippen molar-refractivity contribution in [1.29, 1.82) is 0 Å². The van der Waals surface area contributed by atoms with Gasteiger partial charge in [0.2, 0.25) is 15.9 Å². The minimum Gasteiger partial charge on any atom is -0.464 e. The molecule has 4 rings (SSSR count). The average Bonchev–Trinajstić information content (AvgIpc) is 3.48. The molecule has 1 amide bonds. The largest absolute Gasteiger partial charge is 0.464 e. The molecule has 1 aliphatic carbocycles. The van der Waals surface area contributed by atoms with Crippen molar-refractivity contribution >= 4 is 15.9 Å². The van der Waals surface area contributed by atoms with Crippen molar-refractivity contribution in [2.75, 3.05) is 32.7 Å². The van der Waals surface area contributed by atoms with Crippen molar-refractivity contribution in [3.8, 4) is 0 Å². The van der Waals surface area contributed by atoms with Gasteiger partial charge in [-0.1, -0.05) is 30.3 Å². The van der Waals surface area contributed by atoms with Crippen LogP contribution in [-0.2, 0) is 27.1 Å². The molecule has 0 radical (unpaired) electrons. The summed E-state index contributed by atoms with van der Waals surface area (Å²) in [5.74, 6) is 1.77. The van der Waals surface area contributed by atoms with Gasteiger partial charge in [-0.15, -0.1) is 0 Å². The fourth-order valence-corrected chi connectivity index (χ4v) is 5.39. The maximum absolute atomic E-state index is 12.9. The Morgan fingerprint density at radius 3 is 2.37 bits per heavy atom. The van der Waals surface area contributed by atoms with E-state index in [0.29, 0.717) is 45.3 Å². The van der Waals surface area contributed by atoms with Crippen LogP contribution in [-0.4, -0.2) is 67.2 Å². The molecule has 0 N–H and O–H groups in total. The van der Waals surface area contributed by atoms with Crippen LogP contribution in [0.25, 0.3) is 0 Å². The molecule has 2 aliphatic rings. The monoisotopic (exact) mass is 431 g/mol. The van der Waals surface area contributed by atoms with Crippen molar-refractivity contribution in [2.45, 2.75) is 38.1 Å². The van der Waals surface area contributed by atoms with E-state index in [1.165, 1.54) is 0 Å². The number of hydrogen-bond acceptors (Lipinski definition) is 5. The Kier molecular flexibility index (Phi) is 6.26. The third-order valence-corrected chi connectivity index (χ3v) is 7.56. The Balaban J connectivity index is 1.30. The predicted octanol–water partition coefficient (Wildman–Crippen LogP) is 2.23. The van der Waals surface area contributed by atoms with E-state index in [9.17, 15) is 13.2 Å². The summed E-state index contributed by atoms with van der Waals surface area (Å²) >= 11 is 0. The molecule has 162 valence electrons. The second-order valence-electron chi connectivity index (χ2n) is 8.18. The highest BCUT2D eigenvalue weighted by atomic mass is 32.2. The van der Waals surface area contributed by atoms with Gasteiger partial charge in [0.25, 0.3) is 0 Å². The summed E-state index contributed by atoms with van der Waals surface area (Å²) < 4.78 is 32.6. The predicted molar refractivity (Wildman–Crippen MR) is 114 cm³/mol. The Bertz CT molecular complexity index is 961. The fourth-order valence-electron chi connectivity index (χ4n) is 3.87. The van der Waals surface area contributed by atoms with E-state index in [-0.39, 0.29) is 11.7 Å². The van der Waals surface area contributed by atoms with Crippen LogP contribution in [0, 0.1) is 6.92 Å². The van der Waals surface area contributed by atoms with Crippen molar-refractivity contribution in [3.63, 3.8) is 0 Å². The van der Waals surface area contributed by atoms with Crippen LogP contribution in [0.2, 0.25) is 0 Å². The second kappa shape index (κ2) is 8.91. The van der Waals surface area contributed by atoms with E-state index in [2.05, 4.69) is 4.90 Å². The number of furan rings is 1. The molecule has 1 aromatic carbocycles. The number of piperazine rings is 1. The van der Waals surface area contributed by atoms with E-state index >= 15 is 0 Å². The Labute approximate surface area is 178 Å². The number of nitrogens with zero attached hydrogens (tertiary/aromatic N) is 3. The zero-order chi connectivity index (χ0) is 21.1. The molecule has 2 heterocycles. The molecule has 1 saturated carbocycles. The lowest BCUT2D eigenvalue weighted by Gasteiger charge is -2.34. The number of amides is 1. The number of hydrogen-bond donors (Lipinski definition) is 0. The third kappa shape index (κ3) is 5.30. The molecule has 8 heteroatoms. The maximum atomic E-state index is 12.9. The summed E-state index contributed by atoms with van der Waals surface area (Å²) in [5.41, 5.74) is 0.795. The smallest absolute Gasteiger partial charge is 0.237 e. The number of rotatable bonds is 8. The molecule has 30 heavy (non-hydrogen) atoms. The van der Waals surface area contributed by atoms with Gasteiger partial charge in [0.05, 0.1) is 18.8 Å². The average molecular weight is 432 g/mol. The second-order valence-corrected chi connectivity index (χ2v) is 10.2. The lowest BCUT2D eigenvalue weighted by Crippen LogP contribution is -2.51. The van der Waals surface area contributed by atoms with Gasteiger partial charge in [-0.2, -0.15) is 4.31 Å². The fraction of sp³-hybridized carbons (Fsp3) is 0.500. The number of aryl methyl sites for hydroxylation is 1. The standard InChI is InChI=1S/C22H29N3O4S/c1-18-7-10-21(29-18)15-25(20-8-9-20)22(26)16-23-11-13-24(14-12-23)30(27,28)17-19-5-3-2-4-6-19/h2-7,10,20H,8-9,11-17H2,1H3. The minimum absolute atomic E-state index is 0.0186. The minimum atomic E-state index is -3.35. The molecule has 0 spiro atoms. The summed E-state index contributed by atoms with van der Waals surface area (Å²) in [7, 11) is -3.35. The lowest BCUT2D eigenvalue weighted by atomic mass is 10.2. The lowest BCUT2D eigenvalue weighted by molar-refractivity contribution is -0.134. The van der Waals surface area contributed by atoms with Gasteiger partial charge in [0.15, 0.2) is 0 Å². The molecule has 1 saturated heterocycles. The van der Waals surface area contributed by atoms with E-state index in [1.807, 2.05) is 54.3 Å². The van der Waals surface area contributed by atoms with Crippen molar-refractivity contribution in [1.82, 2.24) is 14.1 Å².